The Hall–Kier alpha value is -2.86. The monoisotopic (exact) mass is 410 g/mol. The lowest BCUT2D eigenvalue weighted by atomic mass is 10.1. The van der Waals surface area contributed by atoms with Gasteiger partial charge in [0.05, 0.1) is 0 Å². The Morgan fingerprint density at radius 3 is 2.13 bits per heavy atom. The van der Waals surface area contributed by atoms with Crippen LogP contribution in [0.15, 0.2) is 54.6 Å². The highest BCUT2D eigenvalue weighted by atomic mass is 16.2. The third kappa shape index (κ3) is 7.87. The molecule has 0 aliphatic carbocycles. The topological polar surface area (TPSA) is 64.7 Å². The third-order valence-corrected chi connectivity index (χ3v) is 5.12. The molecule has 6 heteroatoms. The summed E-state index contributed by atoms with van der Waals surface area (Å²) in [5, 5.41) is 5.77. The molecule has 0 unspecified atom stereocenters. The maximum Gasteiger partial charge on any atom is 0.317 e. The lowest BCUT2D eigenvalue weighted by Crippen LogP contribution is -2.38. The molecule has 162 valence electrons. The molecule has 2 N–H and O–H groups in total. The second-order valence-corrected chi connectivity index (χ2v) is 7.33. The first-order chi connectivity index (χ1) is 14.5. The minimum Gasteiger partial charge on any atom is -0.352 e. The second kappa shape index (κ2) is 12.6. The molecule has 2 aromatic rings. The van der Waals surface area contributed by atoms with E-state index >= 15 is 0 Å². The van der Waals surface area contributed by atoms with E-state index in [-0.39, 0.29) is 18.4 Å². The van der Waals surface area contributed by atoms with Crippen LogP contribution < -0.4 is 10.6 Å². The summed E-state index contributed by atoms with van der Waals surface area (Å²) in [6.07, 6.45) is 0.253. The van der Waals surface area contributed by atoms with Crippen LogP contribution in [0.5, 0.6) is 0 Å². The van der Waals surface area contributed by atoms with Crippen LogP contribution in [0.25, 0.3) is 0 Å². The van der Waals surface area contributed by atoms with Crippen molar-refractivity contribution < 1.29 is 9.59 Å². The molecule has 0 aliphatic rings. The molecule has 0 spiro atoms. The molecular formula is C24H34N4O2. The molecule has 0 radical (unpaired) electrons. The van der Waals surface area contributed by atoms with Crippen LogP contribution >= 0.6 is 0 Å². The number of urea groups is 1. The summed E-state index contributed by atoms with van der Waals surface area (Å²) in [6, 6.07) is 17.8. The van der Waals surface area contributed by atoms with Gasteiger partial charge in [0.25, 0.3) is 0 Å². The number of hydrogen-bond donors (Lipinski definition) is 2. The van der Waals surface area contributed by atoms with Gasteiger partial charge in [-0.3, -0.25) is 9.69 Å². The van der Waals surface area contributed by atoms with Crippen LogP contribution in [0.4, 0.5) is 4.79 Å². The largest absolute Gasteiger partial charge is 0.352 e. The quantitative estimate of drug-likeness (QED) is 0.597. The molecule has 0 atom stereocenters. The Kier molecular flexibility index (Phi) is 9.87. The van der Waals surface area contributed by atoms with Crippen molar-refractivity contribution in [2.24, 2.45) is 0 Å². The molecule has 2 aromatic carbocycles. The maximum absolute atomic E-state index is 12.2. The summed E-state index contributed by atoms with van der Waals surface area (Å²) in [5.74, 6) is -0.0707. The van der Waals surface area contributed by atoms with Gasteiger partial charge in [-0.2, -0.15) is 0 Å². The van der Waals surface area contributed by atoms with Crippen LogP contribution in [0.1, 0.15) is 37.0 Å². The Morgan fingerprint density at radius 2 is 1.47 bits per heavy atom. The summed E-state index contributed by atoms with van der Waals surface area (Å²) in [7, 11) is 1.75. The molecule has 0 bridgehead atoms. The van der Waals surface area contributed by atoms with Crippen molar-refractivity contribution in [1.82, 2.24) is 20.4 Å². The lowest BCUT2D eigenvalue weighted by molar-refractivity contribution is -0.121. The zero-order chi connectivity index (χ0) is 21.8. The van der Waals surface area contributed by atoms with E-state index in [1.54, 1.807) is 11.9 Å². The summed E-state index contributed by atoms with van der Waals surface area (Å²) >= 11 is 0. The fourth-order valence-electron chi connectivity index (χ4n) is 3.20. The fourth-order valence-corrected chi connectivity index (χ4v) is 3.20. The first kappa shape index (κ1) is 23.4. The van der Waals surface area contributed by atoms with Gasteiger partial charge in [0.2, 0.25) is 5.91 Å². The van der Waals surface area contributed by atoms with Crippen molar-refractivity contribution in [3.05, 3.63) is 71.3 Å². The number of nitrogens with one attached hydrogen (secondary N) is 2. The fraction of sp³-hybridized carbons (Fsp3) is 0.417. The van der Waals surface area contributed by atoms with Crippen molar-refractivity contribution in [1.29, 1.82) is 0 Å². The highest BCUT2D eigenvalue weighted by Crippen LogP contribution is 2.11. The Labute approximate surface area is 180 Å². The molecule has 0 heterocycles. The average molecular weight is 411 g/mol. The van der Waals surface area contributed by atoms with Gasteiger partial charge >= 0.3 is 6.03 Å². The number of amides is 3. The Balaban J connectivity index is 1.73. The van der Waals surface area contributed by atoms with Gasteiger partial charge in [0.15, 0.2) is 0 Å². The van der Waals surface area contributed by atoms with Crippen molar-refractivity contribution in [3.8, 4) is 0 Å². The van der Waals surface area contributed by atoms with E-state index in [9.17, 15) is 9.59 Å². The number of nitrogens with zero attached hydrogens (tertiary/aromatic N) is 2. The summed E-state index contributed by atoms with van der Waals surface area (Å²) < 4.78 is 0. The Morgan fingerprint density at radius 1 is 0.833 bits per heavy atom. The predicted molar refractivity (Wildman–Crippen MR) is 121 cm³/mol. The third-order valence-electron chi connectivity index (χ3n) is 5.12. The Bertz CT molecular complexity index is 791. The average Bonchev–Trinajstić information content (AvgIpc) is 2.77. The van der Waals surface area contributed by atoms with Crippen LogP contribution in [0, 0.1) is 0 Å². The molecule has 0 aromatic heterocycles. The second-order valence-electron chi connectivity index (χ2n) is 7.33. The number of carbonyl (C=O) groups is 2. The van der Waals surface area contributed by atoms with E-state index in [1.165, 1.54) is 5.56 Å². The van der Waals surface area contributed by atoms with Crippen molar-refractivity contribution >= 4 is 11.9 Å². The zero-order valence-corrected chi connectivity index (χ0v) is 18.4. The summed E-state index contributed by atoms with van der Waals surface area (Å²) in [6.45, 7) is 8.51. The number of carbonyl (C=O) groups excluding carboxylic acids is 2. The van der Waals surface area contributed by atoms with E-state index in [1.807, 2.05) is 42.5 Å². The molecule has 3 amide bonds. The molecule has 0 aliphatic heterocycles. The first-order valence-corrected chi connectivity index (χ1v) is 10.6. The van der Waals surface area contributed by atoms with Crippen LogP contribution in [0.2, 0.25) is 0 Å². The van der Waals surface area contributed by atoms with Crippen LogP contribution in [-0.2, 0) is 24.4 Å². The molecule has 0 saturated heterocycles. The highest BCUT2D eigenvalue weighted by Gasteiger charge is 2.10. The van der Waals surface area contributed by atoms with Crippen molar-refractivity contribution in [3.63, 3.8) is 0 Å². The predicted octanol–water partition coefficient (Wildman–Crippen LogP) is 3.38. The van der Waals surface area contributed by atoms with Crippen LogP contribution in [0.3, 0.4) is 0 Å². The van der Waals surface area contributed by atoms with E-state index in [0.29, 0.717) is 19.6 Å². The van der Waals surface area contributed by atoms with Gasteiger partial charge in [-0.05, 0) is 29.8 Å². The molecule has 0 fully saturated rings. The minimum absolute atomic E-state index is 0.0707. The van der Waals surface area contributed by atoms with Crippen LogP contribution in [-0.4, -0.2) is 48.4 Å². The van der Waals surface area contributed by atoms with Gasteiger partial charge in [-0.1, -0.05) is 68.4 Å². The highest BCUT2D eigenvalue weighted by molar-refractivity contribution is 5.78. The lowest BCUT2D eigenvalue weighted by Gasteiger charge is -2.20. The van der Waals surface area contributed by atoms with Crippen molar-refractivity contribution in [2.75, 3.05) is 26.7 Å². The van der Waals surface area contributed by atoms with Gasteiger partial charge in [0.1, 0.15) is 0 Å². The number of benzene rings is 2. The van der Waals surface area contributed by atoms with Crippen molar-refractivity contribution in [2.45, 2.75) is 39.9 Å². The van der Waals surface area contributed by atoms with E-state index in [2.05, 4.69) is 41.5 Å². The van der Waals surface area contributed by atoms with E-state index < -0.39 is 0 Å². The maximum atomic E-state index is 12.2. The minimum atomic E-state index is -0.184. The van der Waals surface area contributed by atoms with Gasteiger partial charge in [0, 0.05) is 39.6 Å². The molecule has 0 saturated carbocycles. The summed E-state index contributed by atoms with van der Waals surface area (Å²) in [5.41, 5.74) is 3.43. The van der Waals surface area contributed by atoms with E-state index in [0.717, 1.165) is 30.8 Å². The van der Waals surface area contributed by atoms with Gasteiger partial charge < -0.3 is 15.5 Å². The standard InChI is InChI=1S/C24H34N4O2/c1-4-28(5-2)19-22-14-10-9-13-21(22)17-26-23(29)15-16-25-24(30)27(3)18-20-11-7-6-8-12-20/h6-14H,4-5,15-19H2,1-3H3,(H,25,30)(H,26,29). The van der Waals surface area contributed by atoms with E-state index in [4.69, 9.17) is 0 Å². The van der Waals surface area contributed by atoms with Gasteiger partial charge in [-0.25, -0.2) is 4.79 Å². The first-order valence-electron chi connectivity index (χ1n) is 10.6. The van der Waals surface area contributed by atoms with Gasteiger partial charge in [-0.15, -0.1) is 0 Å². The molecule has 2 rings (SSSR count). The SMILES string of the molecule is CCN(CC)Cc1ccccc1CNC(=O)CCNC(=O)N(C)Cc1ccccc1. The smallest absolute Gasteiger partial charge is 0.317 e. The number of hydrogen-bond acceptors (Lipinski definition) is 3. The number of rotatable bonds is 11. The normalized spacial score (nSPS) is 10.7. The molecule has 6 nitrogen and oxygen atoms in total. The summed E-state index contributed by atoms with van der Waals surface area (Å²) in [4.78, 5) is 28.4. The molecule has 30 heavy (non-hydrogen) atoms. The molecular weight excluding hydrogens is 376 g/mol. The zero-order valence-electron chi connectivity index (χ0n) is 18.4.